The Balaban J connectivity index is 1.93. The molecule has 20 heavy (non-hydrogen) atoms. The second-order valence-electron chi connectivity index (χ2n) is 5.69. The Morgan fingerprint density at radius 1 is 1.10 bits per heavy atom. The summed E-state index contributed by atoms with van der Waals surface area (Å²) in [5.41, 5.74) is 4.19. The number of allylic oxidation sites excluding steroid dienone is 1. The Morgan fingerprint density at radius 3 is 2.90 bits per heavy atom. The van der Waals surface area contributed by atoms with E-state index in [0.29, 0.717) is 0 Å². The van der Waals surface area contributed by atoms with Gasteiger partial charge in [-0.15, -0.1) is 0 Å². The van der Waals surface area contributed by atoms with Crippen LogP contribution in [0.2, 0.25) is 0 Å². The van der Waals surface area contributed by atoms with E-state index < -0.39 is 6.10 Å². The van der Waals surface area contributed by atoms with Crippen LogP contribution in [0.15, 0.2) is 42.0 Å². The first kappa shape index (κ1) is 13.3. The number of nitrogens with zero attached hydrogens (tertiary/aromatic N) is 1. The number of pyridine rings is 1. The van der Waals surface area contributed by atoms with E-state index in [9.17, 15) is 5.11 Å². The Morgan fingerprint density at radius 2 is 2.00 bits per heavy atom. The van der Waals surface area contributed by atoms with Gasteiger partial charge >= 0.3 is 0 Å². The fraction of sp³-hybridized carbons (Fsp3) is 0.389. The summed E-state index contributed by atoms with van der Waals surface area (Å²) < 4.78 is 0. The predicted octanol–water partition coefficient (Wildman–Crippen LogP) is 4.47. The molecule has 1 atom stereocenters. The van der Waals surface area contributed by atoms with Crippen molar-refractivity contribution in [3.63, 3.8) is 0 Å². The van der Waals surface area contributed by atoms with Crippen molar-refractivity contribution in [1.82, 2.24) is 4.98 Å². The number of hydrogen-bond donors (Lipinski definition) is 1. The zero-order chi connectivity index (χ0) is 13.9. The van der Waals surface area contributed by atoms with Gasteiger partial charge in [0.1, 0.15) is 6.10 Å². The maximum Gasteiger partial charge on any atom is 0.100 e. The number of benzene rings is 1. The van der Waals surface area contributed by atoms with Crippen molar-refractivity contribution >= 4 is 10.9 Å². The molecule has 0 aliphatic heterocycles. The first-order chi connectivity index (χ1) is 9.74. The summed E-state index contributed by atoms with van der Waals surface area (Å²) in [4.78, 5) is 4.51. The van der Waals surface area contributed by atoms with Crippen molar-refractivity contribution in [2.45, 2.75) is 45.1 Å². The summed E-state index contributed by atoms with van der Waals surface area (Å²) in [6, 6.07) is 10.2. The van der Waals surface area contributed by atoms with Crippen molar-refractivity contribution in [3.8, 4) is 0 Å². The van der Waals surface area contributed by atoms with Crippen LogP contribution >= 0.6 is 0 Å². The molecule has 0 bridgehead atoms. The Labute approximate surface area is 120 Å². The average Bonchev–Trinajstić information content (AvgIpc) is 2.75. The quantitative estimate of drug-likeness (QED) is 0.814. The van der Waals surface area contributed by atoms with E-state index in [2.05, 4.69) is 23.2 Å². The van der Waals surface area contributed by atoms with Crippen LogP contribution < -0.4 is 0 Å². The number of aliphatic hydroxyl groups is 1. The van der Waals surface area contributed by atoms with Crippen molar-refractivity contribution in [1.29, 1.82) is 0 Å². The Hall–Kier alpha value is -1.67. The molecular formula is C18H21NO. The fourth-order valence-corrected chi connectivity index (χ4v) is 2.92. The second kappa shape index (κ2) is 5.76. The van der Waals surface area contributed by atoms with E-state index in [-0.39, 0.29) is 0 Å². The molecule has 0 saturated carbocycles. The molecular weight excluding hydrogens is 246 g/mol. The number of aromatic nitrogens is 1. The van der Waals surface area contributed by atoms with Gasteiger partial charge in [-0.25, -0.2) is 0 Å². The number of aliphatic hydroxyl groups excluding tert-OH is 1. The van der Waals surface area contributed by atoms with Gasteiger partial charge in [-0.2, -0.15) is 0 Å². The summed E-state index contributed by atoms with van der Waals surface area (Å²) in [6.45, 7) is 2.00. The minimum atomic E-state index is -0.459. The molecule has 1 aliphatic carbocycles. The van der Waals surface area contributed by atoms with E-state index in [1.165, 1.54) is 24.8 Å². The maximum absolute atomic E-state index is 10.6. The van der Waals surface area contributed by atoms with Gasteiger partial charge in [0.25, 0.3) is 0 Å². The van der Waals surface area contributed by atoms with Gasteiger partial charge < -0.3 is 5.11 Å². The lowest BCUT2D eigenvalue weighted by Gasteiger charge is -2.15. The van der Waals surface area contributed by atoms with E-state index in [1.807, 2.05) is 25.1 Å². The molecule has 2 nitrogen and oxygen atoms in total. The summed E-state index contributed by atoms with van der Waals surface area (Å²) in [5, 5.41) is 11.7. The molecule has 3 rings (SSSR count). The molecule has 0 radical (unpaired) electrons. The minimum Gasteiger partial charge on any atom is -0.384 e. The molecule has 1 aromatic heterocycles. The van der Waals surface area contributed by atoms with Crippen molar-refractivity contribution < 1.29 is 5.11 Å². The third-order valence-corrected chi connectivity index (χ3v) is 4.10. The smallest absolute Gasteiger partial charge is 0.100 e. The van der Waals surface area contributed by atoms with Gasteiger partial charge in [0.05, 0.1) is 5.52 Å². The van der Waals surface area contributed by atoms with Crippen LogP contribution in [0.25, 0.3) is 10.9 Å². The molecule has 1 heterocycles. The monoisotopic (exact) mass is 267 g/mol. The molecule has 1 unspecified atom stereocenters. The lowest BCUT2D eigenvalue weighted by atomic mass is 9.96. The van der Waals surface area contributed by atoms with E-state index in [0.717, 1.165) is 35.0 Å². The highest BCUT2D eigenvalue weighted by Crippen LogP contribution is 2.30. The minimum absolute atomic E-state index is 0.459. The molecule has 0 spiro atoms. The largest absolute Gasteiger partial charge is 0.384 e. The van der Waals surface area contributed by atoms with Gasteiger partial charge in [-0.1, -0.05) is 24.6 Å². The summed E-state index contributed by atoms with van der Waals surface area (Å²) >= 11 is 0. The van der Waals surface area contributed by atoms with Crippen LogP contribution in [0.5, 0.6) is 0 Å². The van der Waals surface area contributed by atoms with Crippen LogP contribution in [0.3, 0.4) is 0 Å². The van der Waals surface area contributed by atoms with Crippen LogP contribution in [-0.2, 0) is 0 Å². The molecule has 104 valence electrons. The third-order valence-electron chi connectivity index (χ3n) is 4.10. The van der Waals surface area contributed by atoms with Crippen LogP contribution in [0.4, 0.5) is 0 Å². The average molecular weight is 267 g/mol. The summed E-state index contributed by atoms with van der Waals surface area (Å²) in [7, 11) is 0. The SMILES string of the molecule is Cc1ccc2cc(C(O)C3=CCCCCC3)ccc2n1. The highest BCUT2D eigenvalue weighted by molar-refractivity contribution is 5.79. The van der Waals surface area contributed by atoms with Gasteiger partial charge in [0.2, 0.25) is 0 Å². The topological polar surface area (TPSA) is 33.1 Å². The molecule has 0 saturated heterocycles. The lowest BCUT2D eigenvalue weighted by molar-refractivity contribution is 0.211. The zero-order valence-corrected chi connectivity index (χ0v) is 12.0. The summed E-state index contributed by atoms with van der Waals surface area (Å²) in [6.07, 6.45) is 7.60. The first-order valence-electron chi connectivity index (χ1n) is 7.48. The number of rotatable bonds is 2. The number of fused-ring (bicyclic) bond motifs is 1. The van der Waals surface area contributed by atoms with E-state index in [4.69, 9.17) is 0 Å². The van der Waals surface area contributed by atoms with E-state index >= 15 is 0 Å². The van der Waals surface area contributed by atoms with Crippen molar-refractivity contribution in [3.05, 3.63) is 53.2 Å². The van der Waals surface area contributed by atoms with Gasteiger partial charge in [0, 0.05) is 11.1 Å². The van der Waals surface area contributed by atoms with E-state index in [1.54, 1.807) is 0 Å². The Bertz CT molecular complexity index is 645. The number of hydrogen-bond acceptors (Lipinski definition) is 2. The van der Waals surface area contributed by atoms with Gasteiger partial charge in [-0.05, 0) is 61.9 Å². The molecule has 0 amide bonds. The highest BCUT2D eigenvalue weighted by Gasteiger charge is 2.15. The first-order valence-corrected chi connectivity index (χ1v) is 7.48. The second-order valence-corrected chi connectivity index (χ2v) is 5.69. The normalized spacial score (nSPS) is 17.6. The van der Waals surface area contributed by atoms with Gasteiger partial charge in [0.15, 0.2) is 0 Å². The molecule has 1 N–H and O–H groups in total. The molecule has 0 fully saturated rings. The molecule has 2 heteroatoms. The van der Waals surface area contributed by atoms with Gasteiger partial charge in [-0.3, -0.25) is 4.98 Å². The maximum atomic E-state index is 10.6. The van der Waals surface area contributed by atoms with Crippen molar-refractivity contribution in [2.24, 2.45) is 0 Å². The standard InChI is InChI=1S/C18H21NO/c1-13-8-9-15-12-16(10-11-17(15)19-13)18(20)14-6-4-2-3-5-7-14/h6,8-12,18,20H,2-5,7H2,1H3. The third kappa shape index (κ3) is 2.75. The van der Waals surface area contributed by atoms with Crippen LogP contribution in [0.1, 0.15) is 49.5 Å². The predicted molar refractivity (Wildman–Crippen MR) is 82.6 cm³/mol. The van der Waals surface area contributed by atoms with Crippen LogP contribution in [-0.4, -0.2) is 10.1 Å². The lowest BCUT2D eigenvalue weighted by Crippen LogP contribution is -2.01. The number of aryl methyl sites for hydroxylation is 1. The fourth-order valence-electron chi connectivity index (χ4n) is 2.92. The Kier molecular flexibility index (Phi) is 3.83. The molecule has 2 aromatic rings. The van der Waals surface area contributed by atoms with Crippen molar-refractivity contribution in [2.75, 3.05) is 0 Å². The summed E-state index contributed by atoms with van der Waals surface area (Å²) in [5.74, 6) is 0. The molecule has 1 aromatic carbocycles. The molecule has 1 aliphatic rings. The van der Waals surface area contributed by atoms with Crippen LogP contribution in [0, 0.1) is 6.92 Å². The zero-order valence-electron chi connectivity index (χ0n) is 12.0. The highest BCUT2D eigenvalue weighted by atomic mass is 16.3.